The number of amides is 2. The molecule has 2 heterocycles. The van der Waals surface area contributed by atoms with Crippen molar-refractivity contribution in [2.24, 2.45) is 0 Å². The van der Waals surface area contributed by atoms with E-state index in [1.807, 2.05) is 34.9 Å². The number of aromatic nitrogens is 3. The molecule has 8 heteroatoms. The number of urea groups is 1. The molecule has 1 aliphatic rings. The second-order valence-electron chi connectivity index (χ2n) is 5.93. The molecule has 0 aliphatic carbocycles. The molecule has 1 aliphatic heterocycles. The first kappa shape index (κ1) is 16.9. The van der Waals surface area contributed by atoms with Crippen LogP contribution in [0.5, 0.6) is 0 Å². The molecular formula is C18H15Cl2N5O. The van der Waals surface area contributed by atoms with Crippen molar-refractivity contribution in [3.05, 3.63) is 64.4 Å². The van der Waals surface area contributed by atoms with E-state index in [-0.39, 0.29) is 6.03 Å². The quantitative estimate of drug-likeness (QED) is 0.712. The highest BCUT2D eigenvalue weighted by Gasteiger charge is 2.25. The van der Waals surface area contributed by atoms with Gasteiger partial charge < -0.3 is 14.8 Å². The molecule has 6 nitrogen and oxygen atoms in total. The van der Waals surface area contributed by atoms with Gasteiger partial charge in [0.1, 0.15) is 0 Å². The zero-order valence-corrected chi connectivity index (χ0v) is 15.2. The first-order chi connectivity index (χ1) is 12.6. The summed E-state index contributed by atoms with van der Waals surface area (Å²) in [7, 11) is 0. The number of hydrogen-bond donors (Lipinski definition) is 1. The fourth-order valence-corrected chi connectivity index (χ4v) is 3.37. The fraction of sp³-hybridized carbons (Fsp3) is 0.167. The minimum atomic E-state index is -0.232. The highest BCUT2D eigenvalue weighted by atomic mass is 35.5. The van der Waals surface area contributed by atoms with E-state index in [9.17, 15) is 4.79 Å². The van der Waals surface area contributed by atoms with Gasteiger partial charge in [0, 0.05) is 23.7 Å². The zero-order chi connectivity index (χ0) is 18.1. The van der Waals surface area contributed by atoms with Gasteiger partial charge in [-0.25, -0.2) is 4.79 Å². The van der Waals surface area contributed by atoms with E-state index < -0.39 is 0 Å². The molecule has 26 heavy (non-hydrogen) atoms. The highest BCUT2D eigenvalue weighted by molar-refractivity contribution is 6.36. The van der Waals surface area contributed by atoms with Crippen LogP contribution in [0.15, 0.2) is 48.5 Å². The summed E-state index contributed by atoms with van der Waals surface area (Å²) in [4.78, 5) is 14.2. The lowest BCUT2D eigenvalue weighted by Crippen LogP contribution is -2.41. The van der Waals surface area contributed by atoms with Gasteiger partial charge in [-0.2, -0.15) is 0 Å². The Morgan fingerprint density at radius 2 is 1.85 bits per heavy atom. The summed E-state index contributed by atoms with van der Waals surface area (Å²) in [5.74, 6) is 1.58. The summed E-state index contributed by atoms with van der Waals surface area (Å²) in [5.41, 5.74) is 1.54. The maximum absolute atomic E-state index is 12.6. The molecule has 3 aromatic rings. The Morgan fingerprint density at radius 1 is 1.04 bits per heavy atom. The second-order valence-corrected chi connectivity index (χ2v) is 6.78. The predicted octanol–water partition coefficient (Wildman–Crippen LogP) is 4.30. The van der Waals surface area contributed by atoms with Crippen molar-refractivity contribution in [1.29, 1.82) is 0 Å². The predicted molar refractivity (Wildman–Crippen MR) is 101 cm³/mol. The number of carbonyl (C=O) groups excluding carboxylic acids is 1. The summed E-state index contributed by atoms with van der Waals surface area (Å²) in [5, 5.41) is 12.3. The van der Waals surface area contributed by atoms with Gasteiger partial charge in [-0.05, 0) is 18.2 Å². The summed E-state index contributed by atoms with van der Waals surface area (Å²) in [6, 6.07) is 14.6. The van der Waals surface area contributed by atoms with Crippen molar-refractivity contribution in [3.63, 3.8) is 0 Å². The number of benzene rings is 2. The summed E-state index contributed by atoms with van der Waals surface area (Å²) in [6.07, 6.45) is 0. The monoisotopic (exact) mass is 387 g/mol. The Morgan fingerprint density at radius 3 is 2.62 bits per heavy atom. The number of nitrogens with zero attached hydrogens (tertiary/aromatic N) is 4. The van der Waals surface area contributed by atoms with Crippen LogP contribution in [0.1, 0.15) is 5.82 Å². The largest absolute Gasteiger partial charge is 0.322 e. The smallest absolute Gasteiger partial charge is 0.315 e. The van der Waals surface area contributed by atoms with Crippen molar-refractivity contribution in [3.8, 4) is 11.4 Å². The van der Waals surface area contributed by atoms with Crippen LogP contribution in [0.4, 0.5) is 10.5 Å². The van der Waals surface area contributed by atoms with Gasteiger partial charge in [-0.15, -0.1) is 10.2 Å². The van der Waals surface area contributed by atoms with E-state index in [1.54, 1.807) is 23.1 Å². The van der Waals surface area contributed by atoms with Crippen LogP contribution in [0.25, 0.3) is 11.4 Å². The van der Waals surface area contributed by atoms with Gasteiger partial charge in [-0.3, -0.25) is 0 Å². The Bertz CT molecular complexity index is 957. The lowest BCUT2D eigenvalue weighted by atomic mass is 10.2. The Kier molecular flexibility index (Phi) is 4.53. The Hall–Kier alpha value is -2.57. The topological polar surface area (TPSA) is 63.1 Å². The number of carbonyl (C=O) groups is 1. The molecule has 1 N–H and O–H groups in total. The Labute approximate surface area is 160 Å². The normalized spacial score (nSPS) is 13.4. The van der Waals surface area contributed by atoms with Crippen LogP contribution >= 0.6 is 23.2 Å². The third-order valence-corrected chi connectivity index (χ3v) is 4.79. The molecule has 0 bridgehead atoms. The number of anilines is 1. The van der Waals surface area contributed by atoms with Gasteiger partial charge in [0.15, 0.2) is 11.6 Å². The average Bonchev–Trinajstić information content (AvgIpc) is 3.08. The van der Waals surface area contributed by atoms with Crippen LogP contribution in [-0.2, 0) is 13.1 Å². The molecule has 0 unspecified atom stereocenters. The van der Waals surface area contributed by atoms with E-state index in [1.165, 1.54) is 0 Å². The van der Waals surface area contributed by atoms with Gasteiger partial charge in [0.25, 0.3) is 0 Å². The zero-order valence-electron chi connectivity index (χ0n) is 13.7. The second kappa shape index (κ2) is 6.97. The summed E-state index contributed by atoms with van der Waals surface area (Å²) >= 11 is 12.0. The van der Waals surface area contributed by atoms with Gasteiger partial charge >= 0.3 is 6.03 Å². The molecule has 0 fully saturated rings. The van der Waals surface area contributed by atoms with Crippen molar-refractivity contribution in [2.75, 3.05) is 11.9 Å². The van der Waals surface area contributed by atoms with Crippen molar-refractivity contribution in [1.82, 2.24) is 19.7 Å². The number of hydrogen-bond acceptors (Lipinski definition) is 3. The highest BCUT2D eigenvalue weighted by Crippen LogP contribution is 2.26. The summed E-state index contributed by atoms with van der Waals surface area (Å²) in [6.45, 7) is 1.58. The first-order valence-corrected chi connectivity index (χ1v) is 8.86. The third kappa shape index (κ3) is 3.25. The molecule has 2 amide bonds. The van der Waals surface area contributed by atoms with Gasteiger partial charge in [0.2, 0.25) is 0 Å². The van der Waals surface area contributed by atoms with E-state index >= 15 is 0 Å². The first-order valence-electron chi connectivity index (χ1n) is 8.10. The number of rotatable bonds is 2. The fourth-order valence-electron chi connectivity index (χ4n) is 2.92. The molecule has 0 spiro atoms. The van der Waals surface area contributed by atoms with Gasteiger partial charge in [-0.1, -0.05) is 53.5 Å². The molecule has 1 aromatic heterocycles. The van der Waals surface area contributed by atoms with Crippen molar-refractivity contribution >= 4 is 34.9 Å². The molecule has 4 rings (SSSR count). The standard InChI is InChI=1S/C18H15Cl2N5O/c19-13-6-7-15(14(20)10-13)21-18(26)24-8-9-25-16(11-24)22-23-17(25)12-4-2-1-3-5-12/h1-7,10H,8-9,11H2,(H,21,26). The van der Waals surface area contributed by atoms with Crippen LogP contribution in [-0.4, -0.2) is 32.2 Å². The third-order valence-electron chi connectivity index (χ3n) is 4.25. The average molecular weight is 388 g/mol. The van der Waals surface area contributed by atoms with Crippen LogP contribution < -0.4 is 5.32 Å². The maximum Gasteiger partial charge on any atom is 0.322 e. The molecule has 2 aromatic carbocycles. The van der Waals surface area contributed by atoms with Crippen LogP contribution in [0, 0.1) is 0 Å². The van der Waals surface area contributed by atoms with E-state index in [0.717, 1.165) is 17.2 Å². The number of fused-ring (bicyclic) bond motifs is 1. The molecular weight excluding hydrogens is 373 g/mol. The maximum atomic E-state index is 12.6. The number of halogens is 2. The lowest BCUT2D eigenvalue weighted by Gasteiger charge is -2.28. The van der Waals surface area contributed by atoms with Crippen LogP contribution in [0.3, 0.4) is 0 Å². The minimum Gasteiger partial charge on any atom is -0.315 e. The van der Waals surface area contributed by atoms with E-state index in [0.29, 0.717) is 35.4 Å². The molecule has 0 saturated carbocycles. The SMILES string of the molecule is O=C(Nc1ccc(Cl)cc1Cl)N1CCn2c(nnc2-c2ccccc2)C1. The minimum absolute atomic E-state index is 0.232. The lowest BCUT2D eigenvalue weighted by molar-refractivity contribution is 0.196. The Balaban J connectivity index is 1.50. The number of nitrogens with one attached hydrogen (secondary N) is 1. The van der Waals surface area contributed by atoms with E-state index in [4.69, 9.17) is 23.2 Å². The van der Waals surface area contributed by atoms with Crippen molar-refractivity contribution in [2.45, 2.75) is 13.1 Å². The molecule has 0 radical (unpaired) electrons. The molecule has 132 valence electrons. The molecule has 0 atom stereocenters. The van der Waals surface area contributed by atoms with Crippen molar-refractivity contribution < 1.29 is 4.79 Å². The van der Waals surface area contributed by atoms with Gasteiger partial charge in [0.05, 0.1) is 17.3 Å². The van der Waals surface area contributed by atoms with E-state index in [2.05, 4.69) is 15.5 Å². The van der Waals surface area contributed by atoms with Crippen LogP contribution in [0.2, 0.25) is 10.0 Å². The summed E-state index contributed by atoms with van der Waals surface area (Å²) < 4.78 is 2.05. The molecule has 0 saturated heterocycles.